The number of nitriles is 1. The van der Waals surface area contributed by atoms with Gasteiger partial charge in [-0.1, -0.05) is 6.07 Å². The van der Waals surface area contributed by atoms with Crippen molar-refractivity contribution >= 4 is 9.84 Å². The van der Waals surface area contributed by atoms with Crippen LogP contribution in [0.1, 0.15) is 18.4 Å². The molecular weight excluding hydrogens is 229 g/mol. The van der Waals surface area contributed by atoms with Crippen LogP contribution in [0.15, 0.2) is 23.1 Å². The molecule has 0 N–H and O–H groups in total. The third kappa shape index (κ3) is 1.69. The van der Waals surface area contributed by atoms with Crippen LogP contribution in [-0.2, 0) is 15.3 Å². The van der Waals surface area contributed by atoms with Gasteiger partial charge < -0.3 is 0 Å². The predicted octanol–water partition coefficient (Wildman–Crippen LogP) is 1.78. The fourth-order valence-electron chi connectivity index (χ4n) is 1.69. The number of nitrogens with zero attached hydrogens (tertiary/aromatic N) is 1. The second-order valence-corrected chi connectivity index (χ2v) is 6.10. The van der Waals surface area contributed by atoms with Crippen molar-refractivity contribution in [2.75, 3.05) is 6.26 Å². The van der Waals surface area contributed by atoms with Crippen molar-refractivity contribution in [3.05, 3.63) is 29.6 Å². The number of hydrogen-bond donors (Lipinski definition) is 0. The smallest absolute Gasteiger partial charge is 0.178 e. The molecule has 0 atom stereocenters. The topological polar surface area (TPSA) is 57.9 Å². The Hall–Kier alpha value is -1.41. The van der Waals surface area contributed by atoms with Gasteiger partial charge in [-0.3, -0.25) is 0 Å². The molecule has 1 aromatic rings. The van der Waals surface area contributed by atoms with Crippen molar-refractivity contribution in [2.24, 2.45) is 0 Å². The standard InChI is InChI=1S/C11H10FNO2S/c1-16(14,15)10-3-2-8(6-9(10)12)11(7-13)4-5-11/h2-3,6H,4-5H2,1H3. The van der Waals surface area contributed by atoms with Gasteiger partial charge in [-0.05, 0) is 30.5 Å². The quantitative estimate of drug-likeness (QED) is 0.790. The van der Waals surface area contributed by atoms with E-state index >= 15 is 0 Å². The number of rotatable bonds is 2. The van der Waals surface area contributed by atoms with Crippen LogP contribution in [-0.4, -0.2) is 14.7 Å². The second kappa shape index (κ2) is 3.29. The molecule has 5 heteroatoms. The van der Waals surface area contributed by atoms with Crippen molar-refractivity contribution in [1.82, 2.24) is 0 Å². The van der Waals surface area contributed by atoms with E-state index in [2.05, 4.69) is 6.07 Å². The van der Waals surface area contributed by atoms with Crippen molar-refractivity contribution in [3.8, 4) is 6.07 Å². The summed E-state index contributed by atoms with van der Waals surface area (Å²) in [6.07, 6.45) is 2.38. The summed E-state index contributed by atoms with van der Waals surface area (Å²) in [6.45, 7) is 0. The molecule has 0 aromatic heterocycles. The molecular formula is C11H10FNO2S. The van der Waals surface area contributed by atoms with Crippen LogP contribution in [0.5, 0.6) is 0 Å². The molecule has 1 aliphatic carbocycles. The fourth-order valence-corrected chi connectivity index (χ4v) is 2.42. The van der Waals surface area contributed by atoms with E-state index in [0.29, 0.717) is 18.4 Å². The Labute approximate surface area is 93.4 Å². The van der Waals surface area contributed by atoms with Gasteiger partial charge in [0.25, 0.3) is 0 Å². The molecule has 0 saturated heterocycles. The summed E-state index contributed by atoms with van der Waals surface area (Å²) in [4.78, 5) is -0.315. The Morgan fingerprint density at radius 2 is 2.06 bits per heavy atom. The first-order valence-electron chi connectivity index (χ1n) is 4.80. The molecule has 1 saturated carbocycles. The minimum atomic E-state index is -3.54. The lowest BCUT2D eigenvalue weighted by Gasteiger charge is -2.08. The summed E-state index contributed by atoms with van der Waals surface area (Å²) in [6, 6.07) is 6.05. The molecule has 0 bridgehead atoms. The van der Waals surface area contributed by atoms with Gasteiger partial charge in [0.2, 0.25) is 0 Å². The highest BCUT2D eigenvalue weighted by Gasteiger charge is 2.45. The molecule has 1 aliphatic rings. The first kappa shape index (κ1) is 11.1. The van der Waals surface area contributed by atoms with Gasteiger partial charge in [-0.15, -0.1) is 0 Å². The van der Waals surface area contributed by atoms with E-state index in [0.717, 1.165) is 12.3 Å². The number of benzene rings is 1. The Balaban J connectivity index is 2.51. The number of hydrogen-bond acceptors (Lipinski definition) is 3. The largest absolute Gasteiger partial charge is 0.224 e. The van der Waals surface area contributed by atoms with Crippen LogP contribution in [0.25, 0.3) is 0 Å². The van der Waals surface area contributed by atoms with Crippen LogP contribution in [0, 0.1) is 17.1 Å². The maximum Gasteiger partial charge on any atom is 0.178 e. The number of halogens is 1. The third-order valence-corrected chi connectivity index (χ3v) is 3.98. The fraction of sp³-hybridized carbons (Fsp3) is 0.364. The van der Waals surface area contributed by atoms with Crippen LogP contribution in [0.3, 0.4) is 0 Å². The molecule has 0 unspecified atom stereocenters. The molecule has 0 amide bonds. The average molecular weight is 239 g/mol. The van der Waals surface area contributed by atoms with Gasteiger partial charge in [0.05, 0.1) is 11.5 Å². The maximum absolute atomic E-state index is 13.6. The summed E-state index contributed by atoms with van der Waals surface area (Å²) in [5.41, 5.74) is -0.0171. The summed E-state index contributed by atoms with van der Waals surface area (Å²) in [5, 5.41) is 8.94. The second-order valence-electron chi connectivity index (χ2n) is 4.11. The predicted molar refractivity (Wildman–Crippen MR) is 56.0 cm³/mol. The van der Waals surface area contributed by atoms with Gasteiger partial charge in [0.15, 0.2) is 9.84 Å². The molecule has 3 nitrogen and oxygen atoms in total. The van der Waals surface area contributed by atoms with Crippen LogP contribution in [0.4, 0.5) is 4.39 Å². The highest BCUT2D eigenvalue weighted by molar-refractivity contribution is 7.90. The third-order valence-electron chi connectivity index (χ3n) is 2.85. The first-order chi connectivity index (χ1) is 7.39. The SMILES string of the molecule is CS(=O)(=O)c1ccc(C2(C#N)CC2)cc1F. The molecule has 0 radical (unpaired) electrons. The lowest BCUT2D eigenvalue weighted by Crippen LogP contribution is -2.06. The molecule has 16 heavy (non-hydrogen) atoms. The molecule has 0 aliphatic heterocycles. The molecule has 1 fully saturated rings. The zero-order valence-corrected chi connectivity index (χ0v) is 9.51. The van der Waals surface area contributed by atoms with Gasteiger partial charge in [-0.2, -0.15) is 5.26 Å². The zero-order valence-electron chi connectivity index (χ0n) is 8.70. The van der Waals surface area contributed by atoms with Gasteiger partial charge >= 0.3 is 0 Å². The van der Waals surface area contributed by atoms with Gasteiger partial charge in [0.1, 0.15) is 10.7 Å². The summed E-state index contributed by atoms with van der Waals surface area (Å²) in [5.74, 6) is -0.776. The van der Waals surface area contributed by atoms with E-state index in [4.69, 9.17) is 5.26 Å². The van der Waals surface area contributed by atoms with Gasteiger partial charge in [-0.25, -0.2) is 12.8 Å². The van der Waals surface area contributed by atoms with E-state index in [-0.39, 0.29) is 4.90 Å². The average Bonchev–Trinajstić information content (AvgIpc) is 2.96. The van der Waals surface area contributed by atoms with Crippen LogP contribution in [0.2, 0.25) is 0 Å². The highest BCUT2D eigenvalue weighted by Crippen LogP contribution is 2.47. The molecule has 2 rings (SSSR count). The van der Waals surface area contributed by atoms with Crippen molar-refractivity contribution < 1.29 is 12.8 Å². The van der Waals surface area contributed by atoms with E-state index in [1.165, 1.54) is 12.1 Å². The number of sulfone groups is 1. The summed E-state index contributed by atoms with van der Waals surface area (Å²) >= 11 is 0. The van der Waals surface area contributed by atoms with E-state index < -0.39 is 21.1 Å². The molecule has 0 heterocycles. The monoisotopic (exact) mass is 239 g/mol. The van der Waals surface area contributed by atoms with Crippen molar-refractivity contribution in [1.29, 1.82) is 5.26 Å². The lowest BCUT2D eigenvalue weighted by molar-refractivity contribution is 0.568. The van der Waals surface area contributed by atoms with E-state index in [1.807, 2.05) is 0 Å². The summed E-state index contributed by atoms with van der Waals surface area (Å²) < 4.78 is 35.9. The van der Waals surface area contributed by atoms with Crippen LogP contribution < -0.4 is 0 Å². The Morgan fingerprint density at radius 3 is 2.44 bits per heavy atom. The van der Waals surface area contributed by atoms with E-state index in [1.54, 1.807) is 0 Å². The Bertz CT molecular complexity index is 582. The minimum Gasteiger partial charge on any atom is -0.224 e. The molecule has 1 aromatic carbocycles. The van der Waals surface area contributed by atoms with Crippen LogP contribution >= 0.6 is 0 Å². The highest BCUT2D eigenvalue weighted by atomic mass is 32.2. The lowest BCUT2D eigenvalue weighted by atomic mass is 9.98. The first-order valence-corrected chi connectivity index (χ1v) is 6.69. The maximum atomic E-state index is 13.6. The van der Waals surface area contributed by atoms with Crippen molar-refractivity contribution in [2.45, 2.75) is 23.2 Å². The van der Waals surface area contributed by atoms with E-state index in [9.17, 15) is 12.8 Å². The normalized spacial score (nSPS) is 17.8. The Morgan fingerprint density at radius 1 is 1.44 bits per heavy atom. The summed E-state index contributed by atoms with van der Waals surface area (Å²) in [7, 11) is -3.54. The van der Waals surface area contributed by atoms with Crippen molar-refractivity contribution in [3.63, 3.8) is 0 Å². The molecule has 84 valence electrons. The minimum absolute atomic E-state index is 0.315. The zero-order chi connectivity index (χ0) is 12.0. The van der Waals surface area contributed by atoms with Gasteiger partial charge in [0, 0.05) is 6.26 Å². The Kier molecular flexibility index (Phi) is 2.28. The molecule has 0 spiro atoms.